The molecule has 1 saturated heterocycles. The summed E-state index contributed by atoms with van der Waals surface area (Å²) in [5, 5.41) is 4.60. The number of carbonyl (C=O) groups is 1. The van der Waals surface area contributed by atoms with E-state index in [2.05, 4.69) is 30.0 Å². The predicted octanol–water partition coefficient (Wildman–Crippen LogP) is 4.76. The second-order valence-electron chi connectivity index (χ2n) is 11.1. The molecule has 1 fully saturated rings. The zero-order chi connectivity index (χ0) is 28.7. The first-order valence-corrected chi connectivity index (χ1v) is 14.5. The molecule has 0 aliphatic carbocycles. The van der Waals surface area contributed by atoms with E-state index < -0.39 is 11.7 Å². The summed E-state index contributed by atoms with van der Waals surface area (Å²) in [6.07, 6.45) is 4.37. The number of halogens is 3. The highest BCUT2D eigenvalue weighted by Gasteiger charge is 2.32. The number of likely N-dealkylation sites (tertiary alicyclic amines) is 1. The molecular weight excluding hydrogens is 551 g/mol. The molecule has 1 aromatic carbocycles. The highest BCUT2D eigenvalue weighted by atomic mass is 32.1. The number of nitrogens with zero attached hydrogens (tertiary/aromatic N) is 6. The molecule has 4 aromatic rings. The molecule has 6 rings (SSSR count). The van der Waals surface area contributed by atoms with Crippen LogP contribution in [0.4, 0.5) is 18.9 Å². The predicted molar refractivity (Wildman–Crippen MR) is 152 cm³/mol. The maximum atomic E-state index is 13.8. The molecule has 1 unspecified atom stereocenters. The number of fused-ring (bicyclic) bond motifs is 2. The van der Waals surface area contributed by atoms with Gasteiger partial charge >= 0.3 is 6.18 Å². The minimum Gasteiger partial charge on any atom is -0.322 e. The van der Waals surface area contributed by atoms with Crippen LogP contribution in [0.25, 0.3) is 5.65 Å². The minimum absolute atomic E-state index is 0.169. The number of carbonyl (C=O) groups excluding carboxylic acids is 1. The van der Waals surface area contributed by atoms with E-state index in [1.807, 2.05) is 36.3 Å². The van der Waals surface area contributed by atoms with Crippen molar-refractivity contribution < 1.29 is 18.0 Å². The third kappa shape index (κ3) is 6.01. The quantitative estimate of drug-likeness (QED) is 0.339. The van der Waals surface area contributed by atoms with E-state index in [4.69, 9.17) is 0 Å². The molecule has 0 radical (unpaired) electrons. The molecule has 12 heteroatoms. The summed E-state index contributed by atoms with van der Waals surface area (Å²) in [5.74, 6) is -0.371. The van der Waals surface area contributed by atoms with Crippen LogP contribution in [-0.2, 0) is 32.2 Å². The number of nitrogens with one attached hydrogen (secondary N) is 1. The fourth-order valence-corrected chi connectivity index (χ4v) is 6.92. The van der Waals surface area contributed by atoms with Crippen molar-refractivity contribution in [3.8, 4) is 0 Å². The van der Waals surface area contributed by atoms with Gasteiger partial charge in [0.05, 0.1) is 29.2 Å². The summed E-state index contributed by atoms with van der Waals surface area (Å²) in [6.45, 7) is 4.21. The van der Waals surface area contributed by atoms with Gasteiger partial charge in [-0.15, -0.1) is 11.3 Å². The summed E-state index contributed by atoms with van der Waals surface area (Å²) in [5.41, 5.74) is 3.34. The standard InChI is InChI=1S/C29H32F3N7OS/c1-36(2)22-3-6-37(15-22)14-19-9-20(29(30,31)32)11-21(10-19)35-28(40)25-18-41-26-17-38(7-4-24(25)26)16-23-12-34-27-13-33-5-8-39(23)27/h5,8-13,18,22H,3-4,6-7,14-17H2,1-2H3,(H,35,40). The molecule has 5 heterocycles. The number of aromatic nitrogens is 3. The van der Waals surface area contributed by atoms with Gasteiger partial charge in [0, 0.05) is 73.6 Å². The van der Waals surface area contributed by atoms with E-state index >= 15 is 0 Å². The van der Waals surface area contributed by atoms with Crippen molar-refractivity contribution in [2.75, 3.05) is 39.0 Å². The molecule has 1 atom stereocenters. The van der Waals surface area contributed by atoms with E-state index in [-0.39, 0.29) is 11.6 Å². The summed E-state index contributed by atoms with van der Waals surface area (Å²) < 4.78 is 43.4. The maximum absolute atomic E-state index is 13.8. The lowest BCUT2D eigenvalue weighted by molar-refractivity contribution is -0.137. The second-order valence-corrected chi connectivity index (χ2v) is 12.0. The van der Waals surface area contributed by atoms with Crippen molar-refractivity contribution in [2.45, 2.75) is 44.7 Å². The number of thiophene rings is 1. The van der Waals surface area contributed by atoms with Crippen molar-refractivity contribution in [3.63, 3.8) is 0 Å². The van der Waals surface area contributed by atoms with Crippen molar-refractivity contribution in [1.29, 1.82) is 0 Å². The van der Waals surface area contributed by atoms with Crippen LogP contribution in [-0.4, -0.2) is 74.7 Å². The summed E-state index contributed by atoms with van der Waals surface area (Å²) in [7, 11) is 4.04. The van der Waals surface area contributed by atoms with E-state index in [1.165, 1.54) is 17.4 Å². The number of alkyl halides is 3. The van der Waals surface area contributed by atoms with E-state index in [0.717, 1.165) is 53.9 Å². The van der Waals surface area contributed by atoms with Gasteiger partial charge in [-0.05, 0) is 56.3 Å². The average Bonchev–Trinajstić information content (AvgIpc) is 3.67. The van der Waals surface area contributed by atoms with Crippen LogP contribution in [0.1, 0.15) is 44.0 Å². The van der Waals surface area contributed by atoms with Gasteiger partial charge in [0.2, 0.25) is 0 Å². The minimum atomic E-state index is -4.50. The number of hydrogen-bond donors (Lipinski definition) is 1. The van der Waals surface area contributed by atoms with Crippen molar-refractivity contribution in [1.82, 2.24) is 29.1 Å². The van der Waals surface area contributed by atoms with E-state index in [1.54, 1.807) is 18.5 Å². The fourth-order valence-electron chi connectivity index (χ4n) is 5.80. The first-order chi connectivity index (χ1) is 19.6. The smallest absolute Gasteiger partial charge is 0.322 e. The molecule has 3 aromatic heterocycles. The zero-order valence-electron chi connectivity index (χ0n) is 23.0. The zero-order valence-corrected chi connectivity index (χ0v) is 23.8. The van der Waals surface area contributed by atoms with Crippen LogP contribution in [0, 0.1) is 0 Å². The van der Waals surface area contributed by atoms with Crippen LogP contribution in [0.15, 0.2) is 48.4 Å². The van der Waals surface area contributed by atoms with Crippen LogP contribution < -0.4 is 5.32 Å². The Morgan fingerprint density at radius 2 is 2.00 bits per heavy atom. The Morgan fingerprint density at radius 3 is 2.78 bits per heavy atom. The number of amides is 1. The Labute approximate surface area is 240 Å². The Bertz CT molecular complexity index is 1560. The van der Waals surface area contributed by atoms with Crippen molar-refractivity contribution in [2.24, 2.45) is 0 Å². The summed E-state index contributed by atoms with van der Waals surface area (Å²) in [6, 6.07) is 4.28. The SMILES string of the molecule is CN(C)C1CCN(Cc2cc(NC(=O)c3csc4c3CCN(Cc3cnc5cnccn35)C4)cc(C(F)(F)F)c2)C1. The largest absolute Gasteiger partial charge is 0.416 e. The van der Waals surface area contributed by atoms with E-state index in [9.17, 15) is 18.0 Å². The normalized spacial score (nSPS) is 18.3. The Morgan fingerprint density at radius 1 is 1.15 bits per heavy atom. The molecule has 216 valence electrons. The first kappa shape index (κ1) is 27.8. The van der Waals surface area contributed by atoms with Crippen LogP contribution in [0.2, 0.25) is 0 Å². The highest BCUT2D eigenvalue weighted by Crippen LogP contribution is 2.34. The molecule has 1 amide bonds. The van der Waals surface area contributed by atoms with Gasteiger partial charge in [0.15, 0.2) is 5.65 Å². The van der Waals surface area contributed by atoms with Crippen LogP contribution in [0.5, 0.6) is 0 Å². The van der Waals surface area contributed by atoms with Crippen molar-refractivity contribution >= 4 is 28.6 Å². The Hall–Kier alpha value is -3.32. The highest BCUT2D eigenvalue weighted by molar-refractivity contribution is 7.10. The van der Waals surface area contributed by atoms with E-state index in [0.29, 0.717) is 43.2 Å². The van der Waals surface area contributed by atoms with Crippen LogP contribution in [0.3, 0.4) is 0 Å². The molecule has 0 spiro atoms. The van der Waals surface area contributed by atoms with Gasteiger partial charge in [-0.1, -0.05) is 0 Å². The average molecular weight is 584 g/mol. The summed E-state index contributed by atoms with van der Waals surface area (Å²) in [4.78, 5) is 29.6. The number of imidazole rings is 1. The molecule has 1 N–H and O–H groups in total. The topological polar surface area (TPSA) is 69.0 Å². The van der Waals surface area contributed by atoms with Crippen molar-refractivity contribution in [3.05, 3.63) is 81.2 Å². The van der Waals surface area contributed by atoms with Gasteiger partial charge in [-0.25, -0.2) is 4.98 Å². The summed E-state index contributed by atoms with van der Waals surface area (Å²) >= 11 is 1.52. The maximum Gasteiger partial charge on any atom is 0.416 e. The van der Waals surface area contributed by atoms with Crippen LogP contribution >= 0.6 is 11.3 Å². The molecule has 0 saturated carbocycles. The third-order valence-electron chi connectivity index (χ3n) is 8.01. The lowest BCUT2D eigenvalue weighted by Crippen LogP contribution is -2.31. The Kier molecular flexibility index (Phi) is 7.58. The number of benzene rings is 1. The van der Waals surface area contributed by atoms with Gasteiger partial charge < -0.3 is 10.2 Å². The lowest BCUT2D eigenvalue weighted by Gasteiger charge is -2.27. The number of rotatable bonds is 7. The van der Waals surface area contributed by atoms with Gasteiger partial charge in [0.1, 0.15) is 0 Å². The monoisotopic (exact) mass is 583 g/mol. The number of likely N-dealkylation sites (N-methyl/N-ethyl adjacent to an activating group) is 1. The first-order valence-electron chi connectivity index (χ1n) is 13.6. The fraction of sp³-hybridized carbons (Fsp3) is 0.414. The molecule has 2 aliphatic rings. The number of anilines is 1. The lowest BCUT2D eigenvalue weighted by atomic mass is 10.0. The molecule has 8 nitrogen and oxygen atoms in total. The molecule has 0 bridgehead atoms. The van der Waals surface area contributed by atoms with Gasteiger partial charge in [0.25, 0.3) is 5.91 Å². The second kappa shape index (κ2) is 11.2. The molecule has 41 heavy (non-hydrogen) atoms. The third-order valence-corrected chi connectivity index (χ3v) is 9.03. The molecular formula is C29H32F3N7OS. The number of hydrogen-bond acceptors (Lipinski definition) is 7. The molecule has 2 aliphatic heterocycles. The van der Waals surface area contributed by atoms with Gasteiger partial charge in [-0.2, -0.15) is 13.2 Å². The van der Waals surface area contributed by atoms with Gasteiger partial charge in [-0.3, -0.25) is 24.0 Å². The Balaban J connectivity index is 1.16.